The summed E-state index contributed by atoms with van der Waals surface area (Å²) < 4.78 is 13.6. The summed E-state index contributed by atoms with van der Waals surface area (Å²) in [5.74, 6) is 0.580. The molecule has 0 radical (unpaired) electrons. The van der Waals surface area contributed by atoms with Gasteiger partial charge in [-0.15, -0.1) is 0 Å². The number of fused-ring (bicyclic) bond motifs is 3. The van der Waals surface area contributed by atoms with Gasteiger partial charge in [-0.25, -0.2) is 4.99 Å². The van der Waals surface area contributed by atoms with E-state index in [9.17, 15) is 14.9 Å². The summed E-state index contributed by atoms with van der Waals surface area (Å²) in [5, 5.41) is 12.2. The zero-order valence-corrected chi connectivity index (χ0v) is 24.6. The summed E-state index contributed by atoms with van der Waals surface area (Å²) in [6, 6.07) is 30.3. The Hall–Kier alpha value is -5.28. The lowest BCUT2D eigenvalue weighted by molar-refractivity contribution is -0.385. The molecule has 0 N–H and O–H groups in total. The molecule has 7 rings (SSSR count). The van der Waals surface area contributed by atoms with E-state index in [4.69, 9.17) is 14.5 Å². The van der Waals surface area contributed by atoms with Crippen LogP contribution in [-0.4, -0.2) is 16.6 Å². The monoisotopic (exact) mass is 601 g/mol. The summed E-state index contributed by atoms with van der Waals surface area (Å²) in [7, 11) is 1.48. The Morgan fingerprint density at radius 1 is 0.977 bits per heavy atom. The molecule has 0 fully saturated rings. The van der Waals surface area contributed by atoms with E-state index >= 15 is 0 Å². The van der Waals surface area contributed by atoms with Crippen LogP contribution in [0.3, 0.4) is 0 Å². The number of thiazole rings is 1. The Bertz CT molecular complexity index is 2120. The second kappa shape index (κ2) is 11.4. The third-order valence-corrected chi connectivity index (χ3v) is 9.00. The first-order chi connectivity index (χ1) is 21.5. The van der Waals surface area contributed by atoms with Gasteiger partial charge in [-0.2, -0.15) is 0 Å². The molecule has 0 bridgehead atoms. The minimum Gasteiger partial charge on any atom is -0.493 e. The van der Waals surface area contributed by atoms with Gasteiger partial charge in [-0.3, -0.25) is 19.5 Å². The second-order valence-corrected chi connectivity index (χ2v) is 11.6. The van der Waals surface area contributed by atoms with Gasteiger partial charge in [0.05, 0.1) is 39.9 Å². The molecule has 0 spiro atoms. The van der Waals surface area contributed by atoms with E-state index in [-0.39, 0.29) is 35.2 Å². The third-order valence-electron chi connectivity index (χ3n) is 8.02. The van der Waals surface area contributed by atoms with Crippen molar-refractivity contribution in [2.45, 2.75) is 25.5 Å². The molecule has 0 saturated heterocycles. The highest BCUT2D eigenvalue weighted by Gasteiger charge is 2.32. The normalized spacial score (nSPS) is 15.6. The quantitative estimate of drug-likeness (QED) is 0.173. The SMILES string of the molecule is COc1cc(/C=c2\sc3n(c2=O)[C@H](c2ccccc2)C2=C(N=3)c3ccccc3CC2)c([N+](=O)[O-])cc1OCc1ccccc1. The number of rotatable bonds is 7. The van der Waals surface area contributed by atoms with Gasteiger partial charge in [-0.05, 0) is 47.2 Å². The number of aromatic nitrogens is 1. The molecular formula is C35H27N3O5S. The maximum absolute atomic E-state index is 14.1. The topological polar surface area (TPSA) is 96.0 Å². The highest BCUT2D eigenvalue weighted by Crippen LogP contribution is 2.41. The summed E-state index contributed by atoms with van der Waals surface area (Å²) in [6.07, 6.45) is 3.21. The predicted octanol–water partition coefficient (Wildman–Crippen LogP) is 5.81. The van der Waals surface area contributed by atoms with Crippen LogP contribution in [0.25, 0.3) is 11.8 Å². The lowest BCUT2D eigenvalue weighted by Gasteiger charge is -2.30. The molecule has 1 aliphatic heterocycles. The van der Waals surface area contributed by atoms with Crippen molar-refractivity contribution in [1.29, 1.82) is 0 Å². The Labute approximate surface area is 256 Å². The number of nitro benzene ring substituents is 1. The van der Waals surface area contributed by atoms with E-state index in [1.165, 1.54) is 30.1 Å². The van der Waals surface area contributed by atoms with E-state index in [0.717, 1.165) is 40.8 Å². The van der Waals surface area contributed by atoms with Crippen LogP contribution in [0, 0.1) is 10.1 Å². The van der Waals surface area contributed by atoms with Crippen LogP contribution in [0.15, 0.2) is 112 Å². The van der Waals surface area contributed by atoms with Gasteiger partial charge in [0, 0.05) is 5.56 Å². The molecule has 2 aliphatic rings. The Kier molecular flexibility index (Phi) is 7.15. The van der Waals surface area contributed by atoms with Crippen molar-refractivity contribution in [1.82, 2.24) is 4.57 Å². The number of allylic oxidation sites excluding steroid dienone is 1. The van der Waals surface area contributed by atoms with Gasteiger partial charge < -0.3 is 9.47 Å². The van der Waals surface area contributed by atoms with Crippen molar-refractivity contribution in [2.75, 3.05) is 7.11 Å². The fourth-order valence-corrected chi connectivity index (χ4v) is 6.94. The lowest BCUT2D eigenvalue weighted by Crippen LogP contribution is -2.38. The molecule has 8 nitrogen and oxygen atoms in total. The largest absolute Gasteiger partial charge is 0.493 e. The maximum atomic E-state index is 14.1. The van der Waals surface area contributed by atoms with Crippen LogP contribution in [0.5, 0.6) is 11.5 Å². The fraction of sp³-hybridized carbons (Fsp3) is 0.143. The molecule has 5 aromatic rings. The van der Waals surface area contributed by atoms with Gasteiger partial charge in [0.2, 0.25) is 0 Å². The van der Waals surface area contributed by atoms with E-state index in [0.29, 0.717) is 15.1 Å². The standard InChI is InChI=1S/C35H27N3O5S/c1-42-29-18-25(28(38(40)41)20-30(29)43-21-22-10-4-2-5-11-22)19-31-34(39)37-33(24-13-6-3-7-14-24)27-17-16-23-12-8-9-15-26(23)32(27)36-35(37)44-31/h2-15,18-20,33H,16-17,21H2,1H3/b31-19-/t33-/m1/s1. The van der Waals surface area contributed by atoms with Crippen molar-refractivity contribution in [3.05, 3.63) is 160 Å². The zero-order valence-electron chi connectivity index (χ0n) is 23.8. The second-order valence-electron chi connectivity index (χ2n) is 10.6. The van der Waals surface area contributed by atoms with Crippen molar-refractivity contribution < 1.29 is 14.4 Å². The van der Waals surface area contributed by atoms with Crippen LogP contribution in [0.2, 0.25) is 0 Å². The summed E-state index contributed by atoms with van der Waals surface area (Å²) in [6.45, 7) is 0.222. The number of methoxy groups -OCH3 is 1. The highest BCUT2D eigenvalue weighted by atomic mass is 32.1. The highest BCUT2D eigenvalue weighted by molar-refractivity contribution is 7.07. The molecule has 2 heterocycles. The first-order valence-corrected chi connectivity index (χ1v) is 15.0. The molecule has 0 amide bonds. The lowest BCUT2D eigenvalue weighted by atomic mass is 9.83. The number of hydrogen-bond donors (Lipinski definition) is 0. The molecule has 0 unspecified atom stereocenters. The van der Waals surface area contributed by atoms with Crippen LogP contribution >= 0.6 is 11.3 Å². The Morgan fingerprint density at radius 3 is 2.45 bits per heavy atom. The number of ether oxygens (including phenoxy) is 2. The molecule has 9 heteroatoms. The first kappa shape index (κ1) is 27.5. The Morgan fingerprint density at radius 2 is 1.70 bits per heavy atom. The van der Waals surface area contributed by atoms with Crippen LogP contribution in [-0.2, 0) is 13.0 Å². The number of nitrogens with zero attached hydrogens (tertiary/aromatic N) is 3. The number of nitro groups is 1. The van der Waals surface area contributed by atoms with Crippen molar-refractivity contribution >= 4 is 28.8 Å². The van der Waals surface area contributed by atoms with Gasteiger partial charge in [-0.1, -0.05) is 96.3 Å². The van der Waals surface area contributed by atoms with Gasteiger partial charge in [0.15, 0.2) is 16.3 Å². The summed E-state index contributed by atoms with van der Waals surface area (Å²) in [5.41, 5.74) is 6.04. The fourth-order valence-electron chi connectivity index (χ4n) is 5.95. The predicted molar refractivity (Wildman–Crippen MR) is 170 cm³/mol. The van der Waals surface area contributed by atoms with Crippen LogP contribution in [0.1, 0.15) is 40.3 Å². The first-order valence-electron chi connectivity index (χ1n) is 14.2. The van der Waals surface area contributed by atoms with E-state index in [1.807, 2.05) is 72.8 Å². The third kappa shape index (κ3) is 4.91. The smallest absolute Gasteiger partial charge is 0.280 e. The van der Waals surface area contributed by atoms with Crippen LogP contribution < -0.4 is 24.4 Å². The number of aryl methyl sites for hydroxylation is 1. The molecule has 1 aliphatic carbocycles. The molecule has 1 aromatic heterocycles. The molecule has 0 saturated carbocycles. The van der Waals surface area contributed by atoms with E-state index in [2.05, 4.69) is 12.1 Å². The van der Waals surface area contributed by atoms with Gasteiger partial charge in [0.25, 0.3) is 11.2 Å². The minimum absolute atomic E-state index is 0.187. The minimum atomic E-state index is -0.472. The van der Waals surface area contributed by atoms with Crippen molar-refractivity contribution in [3.63, 3.8) is 0 Å². The molecular weight excluding hydrogens is 574 g/mol. The summed E-state index contributed by atoms with van der Waals surface area (Å²) >= 11 is 1.23. The molecule has 4 aromatic carbocycles. The van der Waals surface area contributed by atoms with Crippen molar-refractivity contribution in [2.24, 2.45) is 4.99 Å². The Balaban J connectivity index is 1.37. The van der Waals surface area contributed by atoms with Gasteiger partial charge >= 0.3 is 0 Å². The van der Waals surface area contributed by atoms with Gasteiger partial charge in [0.1, 0.15) is 6.61 Å². The average molecular weight is 602 g/mol. The maximum Gasteiger partial charge on any atom is 0.280 e. The molecule has 218 valence electrons. The molecule has 44 heavy (non-hydrogen) atoms. The zero-order chi connectivity index (χ0) is 30.2. The van der Waals surface area contributed by atoms with Crippen LogP contribution in [0.4, 0.5) is 5.69 Å². The number of benzene rings is 4. The number of hydrogen-bond acceptors (Lipinski definition) is 7. The average Bonchev–Trinajstić information content (AvgIpc) is 3.37. The summed E-state index contributed by atoms with van der Waals surface area (Å²) in [4.78, 5) is 31.5. The van der Waals surface area contributed by atoms with E-state index in [1.54, 1.807) is 16.7 Å². The van der Waals surface area contributed by atoms with E-state index < -0.39 is 4.92 Å². The molecule has 1 atom stereocenters. The van der Waals surface area contributed by atoms with Crippen molar-refractivity contribution in [3.8, 4) is 11.5 Å².